The first-order valence-electron chi connectivity index (χ1n) is 6.84. The molecule has 1 aromatic rings. The van der Waals surface area contributed by atoms with Gasteiger partial charge in [-0.3, -0.25) is 9.69 Å². The van der Waals surface area contributed by atoms with Crippen LogP contribution in [0.25, 0.3) is 0 Å². The Labute approximate surface area is 124 Å². The number of nitrogens with zero attached hydrogens (tertiary/aromatic N) is 2. The Morgan fingerprint density at radius 2 is 2.15 bits per heavy atom. The minimum atomic E-state index is -0.0431. The normalized spacial score (nSPS) is 16.5. The van der Waals surface area contributed by atoms with Crippen molar-refractivity contribution in [2.75, 3.05) is 31.1 Å². The van der Waals surface area contributed by atoms with E-state index in [9.17, 15) is 4.79 Å². The fourth-order valence-corrected chi connectivity index (χ4v) is 3.05. The number of aryl methyl sites for hydroxylation is 2. The maximum atomic E-state index is 11.8. The summed E-state index contributed by atoms with van der Waals surface area (Å²) in [6.07, 6.45) is 1.71. The standard InChI is InChI=1S/C15H21N3OS/c1-12-3-4-13(2)14(9-12)10-16-17-15(19)11-18-5-7-20-8-6-18/h3-4,9-10H,5-8,11H2,1-2H3,(H,17,19)/b16-10-. The highest BCUT2D eigenvalue weighted by Crippen LogP contribution is 2.09. The van der Waals surface area contributed by atoms with E-state index in [1.807, 2.05) is 25.6 Å². The molecule has 1 fully saturated rings. The number of carbonyl (C=O) groups excluding carboxylic acids is 1. The lowest BCUT2D eigenvalue weighted by Crippen LogP contribution is -2.40. The Morgan fingerprint density at radius 3 is 2.90 bits per heavy atom. The first-order valence-corrected chi connectivity index (χ1v) is 8.00. The van der Waals surface area contributed by atoms with E-state index in [4.69, 9.17) is 0 Å². The number of hydrogen-bond donors (Lipinski definition) is 1. The zero-order valence-corrected chi connectivity index (χ0v) is 12.9. The second kappa shape index (κ2) is 7.45. The van der Waals surface area contributed by atoms with E-state index >= 15 is 0 Å². The SMILES string of the molecule is Cc1ccc(C)c(/C=N\NC(=O)CN2CCSCC2)c1. The zero-order chi connectivity index (χ0) is 14.4. The van der Waals surface area contributed by atoms with Crippen molar-refractivity contribution >= 4 is 23.9 Å². The summed E-state index contributed by atoms with van der Waals surface area (Å²) in [6.45, 7) is 6.49. The highest BCUT2D eigenvalue weighted by atomic mass is 32.2. The van der Waals surface area contributed by atoms with Crippen LogP contribution < -0.4 is 5.43 Å². The molecule has 0 saturated carbocycles. The van der Waals surface area contributed by atoms with Crippen molar-refractivity contribution in [1.29, 1.82) is 0 Å². The van der Waals surface area contributed by atoms with Gasteiger partial charge in [0.25, 0.3) is 5.91 Å². The lowest BCUT2D eigenvalue weighted by molar-refractivity contribution is -0.122. The number of amides is 1. The van der Waals surface area contributed by atoms with E-state index in [1.165, 1.54) is 5.56 Å². The summed E-state index contributed by atoms with van der Waals surface area (Å²) in [6, 6.07) is 6.19. The Hall–Kier alpha value is -1.33. The lowest BCUT2D eigenvalue weighted by atomic mass is 10.1. The topological polar surface area (TPSA) is 44.7 Å². The van der Waals surface area contributed by atoms with Gasteiger partial charge in [-0.05, 0) is 25.0 Å². The van der Waals surface area contributed by atoms with Gasteiger partial charge in [-0.25, -0.2) is 5.43 Å². The highest BCUT2D eigenvalue weighted by Gasteiger charge is 2.13. The zero-order valence-electron chi connectivity index (χ0n) is 12.1. The molecule has 1 aromatic carbocycles. The summed E-state index contributed by atoms with van der Waals surface area (Å²) in [5.41, 5.74) is 5.99. The first-order chi connectivity index (χ1) is 9.65. The van der Waals surface area contributed by atoms with Crippen LogP contribution in [-0.2, 0) is 4.79 Å². The van der Waals surface area contributed by atoms with Gasteiger partial charge in [0.05, 0.1) is 12.8 Å². The predicted octanol–water partition coefficient (Wildman–Crippen LogP) is 1.80. The van der Waals surface area contributed by atoms with Crippen LogP contribution in [0.2, 0.25) is 0 Å². The third-order valence-corrected chi connectivity index (χ3v) is 4.24. The van der Waals surface area contributed by atoms with Gasteiger partial charge in [0, 0.05) is 24.6 Å². The molecule has 2 rings (SSSR count). The van der Waals surface area contributed by atoms with Crippen LogP contribution in [0.4, 0.5) is 0 Å². The van der Waals surface area contributed by atoms with Crippen molar-refractivity contribution in [2.45, 2.75) is 13.8 Å². The average Bonchev–Trinajstić information content (AvgIpc) is 2.44. The summed E-state index contributed by atoms with van der Waals surface area (Å²) in [5.74, 6) is 2.18. The maximum Gasteiger partial charge on any atom is 0.254 e. The summed E-state index contributed by atoms with van der Waals surface area (Å²) in [5, 5.41) is 4.05. The van der Waals surface area contributed by atoms with Gasteiger partial charge >= 0.3 is 0 Å². The number of benzene rings is 1. The summed E-state index contributed by atoms with van der Waals surface area (Å²) >= 11 is 1.94. The van der Waals surface area contributed by atoms with Crippen LogP contribution in [0.1, 0.15) is 16.7 Å². The third-order valence-electron chi connectivity index (χ3n) is 3.30. The van der Waals surface area contributed by atoms with Gasteiger partial charge in [0.15, 0.2) is 0 Å². The van der Waals surface area contributed by atoms with E-state index in [0.29, 0.717) is 6.54 Å². The number of hydrogen-bond acceptors (Lipinski definition) is 4. The van der Waals surface area contributed by atoms with Gasteiger partial charge < -0.3 is 0 Å². The average molecular weight is 291 g/mol. The fraction of sp³-hybridized carbons (Fsp3) is 0.467. The van der Waals surface area contributed by atoms with E-state index < -0.39 is 0 Å². The summed E-state index contributed by atoms with van der Waals surface area (Å²) < 4.78 is 0. The van der Waals surface area contributed by atoms with Crippen LogP contribution in [0.5, 0.6) is 0 Å². The smallest absolute Gasteiger partial charge is 0.254 e. The van der Waals surface area contributed by atoms with Gasteiger partial charge in [-0.15, -0.1) is 0 Å². The van der Waals surface area contributed by atoms with Crippen LogP contribution in [0, 0.1) is 13.8 Å². The van der Waals surface area contributed by atoms with Gasteiger partial charge in [0.2, 0.25) is 0 Å². The maximum absolute atomic E-state index is 11.8. The summed E-state index contributed by atoms with van der Waals surface area (Å²) in [7, 11) is 0. The van der Waals surface area contributed by atoms with Crippen molar-refractivity contribution < 1.29 is 4.79 Å². The van der Waals surface area contributed by atoms with E-state index in [-0.39, 0.29) is 5.91 Å². The number of nitrogens with one attached hydrogen (secondary N) is 1. The largest absolute Gasteiger partial charge is 0.293 e. The molecule has 1 N–H and O–H groups in total. The van der Waals surface area contributed by atoms with E-state index in [1.54, 1.807) is 6.21 Å². The molecular formula is C15H21N3OS. The molecule has 0 aliphatic carbocycles. The monoisotopic (exact) mass is 291 g/mol. The van der Waals surface area contributed by atoms with Crippen molar-refractivity contribution in [2.24, 2.45) is 5.10 Å². The van der Waals surface area contributed by atoms with E-state index in [0.717, 1.165) is 35.7 Å². The van der Waals surface area contributed by atoms with Crippen LogP contribution in [-0.4, -0.2) is 48.2 Å². The Morgan fingerprint density at radius 1 is 1.40 bits per heavy atom. The van der Waals surface area contributed by atoms with Crippen LogP contribution in [0.15, 0.2) is 23.3 Å². The molecule has 0 aromatic heterocycles. The molecule has 108 valence electrons. The number of hydrazone groups is 1. The lowest BCUT2D eigenvalue weighted by Gasteiger charge is -2.24. The molecule has 4 nitrogen and oxygen atoms in total. The van der Waals surface area contributed by atoms with Gasteiger partial charge in [-0.2, -0.15) is 16.9 Å². The molecule has 1 heterocycles. The number of rotatable bonds is 4. The van der Waals surface area contributed by atoms with Crippen molar-refractivity contribution in [3.8, 4) is 0 Å². The molecule has 1 amide bonds. The molecule has 0 atom stereocenters. The van der Waals surface area contributed by atoms with Crippen LogP contribution >= 0.6 is 11.8 Å². The van der Waals surface area contributed by atoms with Crippen molar-refractivity contribution in [3.05, 3.63) is 34.9 Å². The molecule has 0 bridgehead atoms. The van der Waals surface area contributed by atoms with Crippen molar-refractivity contribution in [1.82, 2.24) is 10.3 Å². The molecule has 0 unspecified atom stereocenters. The quantitative estimate of drug-likeness (QED) is 0.679. The minimum absolute atomic E-state index is 0.0431. The Bertz CT molecular complexity index is 496. The van der Waals surface area contributed by atoms with Gasteiger partial charge in [-0.1, -0.05) is 23.8 Å². The second-order valence-electron chi connectivity index (χ2n) is 5.04. The Balaban J connectivity index is 1.83. The fourth-order valence-electron chi connectivity index (χ4n) is 2.07. The van der Waals surface area contributed by atoms with E-state index in [2.05, 4.69) is 33.6 Å². The molecule has 0 spiro atoms. The minimum Gasteiger partial charge on any atom is -0.293 e. The molecular weight excluding hydrogens is 270 g/mol. The van der Waals surface area contributed by atoms with Crippen LogP contribution in [0.3, 0.4) is 0 Å². The molecule has 1 aliphatic heterocycles. The highest BCUT2D eigenvalue weighted by molar-refractivity contribution is 7.99. The Kier molecular flexibility index (Phi) is 5.61. The van der Waals surface area contributed by atoms with Crippen molar-refractivity contribution in [3.63, 3.8) is 0 Å². The van der Waals surface area contributed by atoms with Gasteiger partial charge in [0.1, 0.15) is 0 Å². The summed E-state index contributed by atoms with van der Waals surface area (Å²) in [4.78, 5) is 13.9. The molecule has 5 heteroatoms. The third kappa shape index (κ3) is 4.65. The molecule has 0 radical (unpaired) electrons. The first kappa shape index (κ1) is 15.1. The molecule has 1 saturated heterocycles. The number of carbonyl (C=O) groups is 1. The predicted molar refractivity (Wildman–Crippen MR) is 85.4 cm³/mol. The number of thioether (sulfide) groups is 1. The molecule has 1 aliphatic rings. The second-order valence-corrected chi connectivity index (χ2v) is 6.27. The molecule has 20 heavy (non-hydrogen) atoms.